The molecule has 0 bridgehead atoms. The summed E-state index contributed by atoms with van der Waals surface area (Å²) in [7, 11) is -2.57. The number of sulfonamides is 1. The van der Waals surface area contributed by atoms with Crippen LogP contribution in [0.2, 0.25) is 0 Å². The minimum Gasteiger partial charge on any atom is -0.497 e. The smallest absolute Gasteiger partial charge is 0.270 e. The predicted octanol–water partition coefficient (Wildman–Crippen LogP) is 4.87. The van der Waals surface area contributed by atoms with Crippen molar-refractivity contribution in [2.75, 3.05) is 11.4 Å². The van der Waals surface area contributed by atoms with Crippen molar-refractivity contribution >= 4 is 21.4 Å². The van der Waals surface area contributed by atoms with Crippen LogP contribution in [0.4, 0.5) is 11.4 Å². The molecule has 8 heteroatoms. The summed E-state index contributed by atoms with van der Waals surface area (Å²) >= 11 is 0. The highest BCUT2D eigenvalue weighted by atomic mass is 32.2. The van der Waals surface area contributed by atoms with E-state index in [1.54, 1.807) is 31.2 Å². The summed E-state index contributed by atoms with van der Waals surface area (Å²) < 4.78 is 33.7. The highest BCUT2D eigenvalue weighted by Crippen LogP contribution is 2.35. The highest BCUT2D eigenvalue weighted by molar-refractivity contribution is 7.92. The number of rotatable bonds is 7. The summed E-state index contributed by atoms with van der Waals surface area (Å²) in [5.74, 6) is 0.592. The van der Waals surface area contributed by atoms with Gasteiger partial charge in [0, 0.05) is 12.1 Å². The van der Waals surface area contributed by atoms with Crippen LogP contribution < -0.4 is 9.04 Å². The molecule has 156 valence electrons. The number of hydrogen-bond acceptors (Lipinski definition) is 5. The molecule has 0 unspecified atom stereocenters. The lowest BCUT2D eigenvalue weighted by molar-refractivity contribution is -0.385. The Hall–Kier alpha value is -3.39. The van der Waals surface area contributed by atoms with Crippen molar-refractivity contribution in [1.29, 1.82) is 0 Å². The van der Waals surface area contributed by atoms with Crippen molar-refractivity contribution in [3.63, 3.8) is 0 Å². The maximum Gasteiger partial charge on any atom is 0.270 e. The molecule has 3 rings (SSSR count). The van der Waals surface area contributed by atoms with Gasteiger partial charge in [0.15, 0.2) is 0 Å². The van der Waals surface area contributed by atoms with Crippen LogP contribution in [0.1, 0.15) is 24.1 Å². The first-order valence-corrected chi connectivity index (χ1v) is 10.7. The monoisotopic (exact) mass is 426 g/mol. The first-order valence-electron chi connectivity index (χ1n) is 9.23. The molecular formula is C22H22N2O5S. The molecule has 0 aliphatic rings. The molecule has 30 heavy (non-hydrogen) atoms. The Bertz CT molecular complexity index is 1140. The van der Waals surface area contributed by atoms with Crippen molar-refractivity contribution in [2.24, 2.45) is 0 Å². The van der Waals surface area contributed by atoms with Crippen LogP contribution in [0, 0.1) is 17.0 Å². The van der Waals surface area contributed by atoms with Crippen molar-refractivity contribution in [1.82, 2.24) is 0 Å². The van der Waals surface area contributed by atoms with Crippen molar-refractivity contribution in [3.05, 3.63) is 94.0 Å². The van der Waals surface area contributed by atoms with Gasteiger partial charge in [-0.2, -0.15) is 0 Å². The molecule has 0 saturated heterocycles. The fourth-order valence-corrected chi connectivity index (χ4v) is 4.84. The summed E-state index contributed by atoms with van der Waals surface area (Å²) in [4.78, 5) is 10.4. The third kappa shape index (κ3) is 4.28. The first-order chi connectivity index (χ1) is 14.2. The van der Waals surface area contributed by atoms with E-state index in [-0.39, 0.29) is 10.6 Å². The Labute approximate surface area is 175 Å². The van der Waals surface area contributed by atoms with Crippen LogP contribution in [-0.4, -0.2) is 20.5 Å². The Kier molecular flexibility index (Phi) is 6.07. The molecule has 0 aliphatic heterocycles. The van der Waals surface area contributed by atoms with Crippen molar-refractivity contribution in [2.45, 2.75) is 24.8 Å². The minimum atomic E-state index is -4.10. The average Bonchev–Trinajstić information content (AvgIpc) is 2.74. The maximum atomic E-state index is 13.6. The lowest BCUT2D eigenvalue weighted by atomic mass is 10.1. The Balaban J connectivity index is 2.15. The maximum absolute atomic E-state index is 13.6. The molecule has 7 nitrogen and oxygen atoms in total. The molecule has 0 saturated carbocycles. The van der Waals surface area contributed by atoms with Gasteiger partial charge in [0.05, 0.1) is 28.7 Å². The Morgan fingerprint density at radius 1 is 1.00 bits per heavy atom. The van der Waals surface area contributed by atoms with Gasteiger partial charge in [-0.1, -0.05) is 35.9 Å². The van der Waals surface area contributed by atoms with E-state index >= 15 is 0 Å². The van der Waals surface area contributed by atoms with Gasteiger partial charge in [0.1, 0.15) is 5.75 Å². The van der Waals surface area contributed by atoms with Gasteiger partial charge < -0.3 is 4.74 Å². The zero-order valence-electron chi connectivity index (χ0n) is 16.8. The lowest BCUT2D eigenvalue weighted by Gasteiger charge is -2.31. The molecule has 0 amide bonds. The van der Waals surface area contributed by atoms with Crippen LogP contribution in [0.15, 0.2) is 77.7 Å². The molecule has 3 aromatic rings. The Morgan fingerprint density at radius 2 is 1.63 bits per heavy atom. The van der Waals surface area contributed by atoms with E-state index in [1.807, 2.05) is 31.2 Å². The second-order valence-corrected chi connectivity index (χ2v) is 8.65. The third-order valence-corrected chi connectivity index (χ3v) is 6.72. The van der Waals surface area contributed by atoms with Gasteiger partial charge in [0.2, 0.25) is 0 Å². The summed E-state index contributed by atoms with van der Waals surface area (Å²) in [6, 6.07) is 18.7. The summed E-state index contributed by atoms with van der Waals surface area (Å²) in [5.41, 5.74) is 2.00. The SMILES string of the molecule is COc1ccc(N([C@H](C)c2ccc(C)cc2)S(=O)(=O)c2cccc([N+](=O)[O-])c2)cc1. The molecule has 0 heterocycles. The van der Waals surface area contributed by atoms with Crippen molar-refractivity contribution < 1.29 is 18.1 Å². The number of anilines is 1. The number of non-ortho nitro benzene ring substituents is 1. The average molecular weight is 426 g/mol. The van der Waals surface area contributed by atoms with Crippen LogP contribution in [0.25, 0.3) is 0 Å². The predicted molar refractivity (Wildman–Crippen MR) is 115 cm³/mol. The zero-order valence-corrected chi connectivity index (χ0v) is 17.7. The molecule has 1 atom stereocenters. The fourth-order valence-electron chi connectivity index (χ4n) is 3.15. The van der Waals surface area contributed by atoms with Crippen molar-refractivity contribution in [3.8, 4) is 5.75 Å². The number of methoxy groups -OCH3 is 1. The molecule has 0 aliphatic carbocycles. The van der Waals surface area contributed by atoms with Gasteiger partial charge in [-0.15, -0.1) is 0 Å². The number of nitrogens with zero attached hydrogens (tertiary/aromatic N) is 2. The van der Waals surface area contributed by atoms with Crippen LogP contribution in [-0.2, 0) is 10.0 Å². The van der Waals surface area contributed by atoms with E-state index in [0.717, 1.165) is 17.2 Å². The molecule has 0 fully saturated rings. The lowest BCUT2D eigenvalue weighted by Crippen LogP contribution is -2.33. The number of hydrogen-bond donors (Lipinski definition) is 0. The molecular weight excluding hydrogens is 404 g/mol. The number of benzene rings is 3. The molecule has 0 spiro atoms. The van der Waals surface area contributed by atoms with E-state index in [2.05, 4.69) is 0 Å². The summed E-state index contributed by atoms with van der Waals surface area (Å²) in [6.45, 7) is 3.74. The first kappa shape index (κ1) is 21.3. The second-order valence-electron chi connectivity index (χ2n) is 6.84. The van der Waals surface area contributed by atoms with E-state index < -0.39 is 21.0 Å². The normalized spacial score (nSPS) is 12.2. The summed E-state index contributed by atoms with van der Waals surface area (Å²) in [5, 5.41) is 11.2. The highest BCUT2D eigenvalue weighted by Gasteiger charge is 2.31. The molecule has 0 aromatic heterocycles. The number of nitro groups is 1. The number of aryl methyl sites for hydroxylation is 1. The van der Waals surface area contributed by atoms with Gasteiger partial charge in [0.25, 0.3) is 15.7 Å². The quantitative estimate of drug-likeness (QED) is 0.397. The topological polar surface area (TPSA) is 89.8 Å². The largest absolute Gasteiger partial charge is 0.497 e. The second kappa shape index (κ2) is 8.54. The number of nitro benzene ring substituents is 1. The fraction of sp³-hybridized carbons (Fsp3) is 0.182. The molecule has 3 aromatic carbocycles. The molecule has 0 radical (unpaired) electrons. The minimum absolute atomic E-state index is 0.147. The van der Waals surface area contributed by atoms with Gasteiger partial charge in [-0.25, -0.2) is 8.42 Å². The number of ether oxygens (including phenoxy) is 1. The van der Waals surface area contributed by atoms with E-state index in [0.29, 0.717) is 11.4 Å². The summed E-state index contributed by atoms with van der Waals surface area (Å²) in [6.07, 6.45) is 0. The third-order valence-electron chi connectivity index (χ3n) is 4.82. The zero-order chi connectivity index (χ0) is 21.9. The van der Waals surface area contributed by atoms with Gasteiger partial charge in [-0.05, 0) is 49.7 Å². The van der Waals surface area contributed by atoms with Crippen LogP contribution >= 0.6 is 0 Å². The van der Waals surface area contributed by atoms with E-state index in [1.165, 1.54) is 29.6 Å². The molecule has 0 N–H and O–H groups in total. The van der Waals surface area contributed by atoms with Crippen LogP contribution in [0.3, 0.4) is 0 Å². The van der Waals surface area contributed by atoms with E-state index in [4.69, 9.17) is 4.74 Å². The van der Waals surface area contributed by atoms with Gasteiger partial charge >= 0.3 is 0 Å². The standard InChI is InChI=1S/C22H22N2O5S/c1-16-7-9-18(10-8-16)17(2)23(19-11-13-21(29-3)14-12-19)30(27,28)22-6-4-5-20(15-22)24(25)26/h4-15,17H,1-3H3/t17-/m1/s1. The Morgan fingerprint density at radius 3 is 2.20 bits per heavy atom. The van der Waals surface area contributed by atoms with Gasteiger partial charge in [-0.3, -0.25) is 14.4 Å². The van der Waals surface area contributed by atoms with E-state index in [9.17, 15) is 18.5 Å². The van der Waals surface area contributed by atoms with Crippen LogP contribution in [0.5, 0.6) is 5.75 Å².